The van der Waals surface area contributed by atoms with Gasteiger partial charge in [0.2, 0.25) is 0 Å². The second-order valence-corrected chi connectivity index (χ2v) is 3.99. The number of hydrogen-bond donors (Lipinski definition) is 2. The standard InChI is InChI=1S/C10H16ClN3O/c1-7(3-4-15)5-12-10-8(2)9(11)13-6-14-10/h6-7,15H,3-5H2,1-2H3,(H,12,13,14). The Morgan fingerprint density at radius 3 is 2.93 bits per heavy atom. The van der Waals surface area contributed by atoms with Crippen LogP contribution in [0.3, 0.4) is 0 Å². The summed E-state index contributed by atoms with van der Waals surface area (Å²) in [5.41, 5.74) is 0.857. The Hall–Kier alpha value is -0.870. The van der Waals surface area contributed by atoms with Crippen molar-refractivity contribution >= 4 is 17.4 Å². The molecule has 15 heavy (non-hydrogen) atoms. The van der Waals surface area contributed by atoms with E-state index in [-0.39, 0.29) is 6.61 Å². The molecule has 1 atom stereocenters. The molecule has 1 aromatic rings. The van der Waals surface area contributed by atoms with Gasteiger partial charge in [-0.1, -0.05) is 18.5 Å². The Bertz CT molecular complexity index is 320. The Morgan fingerprint density at radius 2 is 2.27 bits per heavy atom. The molecular weight excluding hydrogens is 214 g/mol. The topological polar surface area (TPSA) is 58.0 Å². The summed E-state index contributed by atoms with van der Waals surface area (Å²) in [6, 6.07) is 0. The summed E-state index contributed by atoms with van der Waals surface area (Å²) in [6.45, 7) is 4.93. The highest BCUT2D eigenvalue weighted by molar-refractivity contribution is 6.30. The lowest BCUT2D eigenvalue weighted by atomic mass is 10.1. The van der Waals surface area contributed by atoms with Crippen LogP contribution in [0, 0.1) is 12.8 Å². The third-order valence-electron chi connectivity index (χ3n) is 2.26. The number of nitrogens with one attached hydrogen (secondary N) is 1. The van der Waals surface area contributed by atoms with Gasteiger partial charge >= 0.3 is 0 Å². The lowest BCUT2D eigenvalue weighted by Gasteiger charge is -2.13. The minimum absolute atomic E-state index is 0.215. The van der Waals surface area contributed by atoms with Gasteiger partial charge in [-0.2, -0.15) is 0 Å². The van der Waals surface area contributed by atoms with Crippen LogP contribution >= 0.6 is 11.6 Å². The second kappa shape index (κ2) is 5.88. The van der Waals surface area contributed by atoms with Gasteiger partial charge in [0.15, 0.2) is 0 Å². The van der Waals surface area contributed by atoms with Crippen LogP contribution in [-0.2, 0) is 0 Å². The van der Waals surface area contributed by atoms with Gasteiger partial charge in [0, 0.05) is 18.7 Å². The van der Waals surface area contributed by atoms with Crippen LogP contribution in [0.2, 0.25) is 5.15 Å². The zero-order chi connectivity index (χ0) is 11.3. The average Bonchev–Trinajstić information content (AvgIpc) is 2.21. The van der Waals surface area contributed by atoms with Gasteiger partial charge in [0.05, 0.1) is 0 Å². The predicted octanol–water partition coefficient (Wildman–Crippen LogP) is 1.87. The number of nitrogens with zero attached hydrogens (tertiary/aromatic N) is 2. The third-order valence-corrected chi connectivity index (χ3v) is 2.64. The summed E-state index contributed by atoms with van der Waals surface area (Å²) in [5.74, 6) is 1.17. The lowest BCUT2D eigenvalue weighted by Crippen LogP contribution is -2.14. The zero-order valence-electron chi connectivity index (χ0n) is 9.00. The van der Waals surface area contributed by atoms with Crippen molar-refractivity contribution in [1.82, 2.24) is 9.97 Å². The largest absolute Gasteiger partial charge is 0.396 e. The summed E-state index contributed by atoms with van der Waals surface area (Å²) in [6.07, 6.45) is 2.22. The molecule has 2 N–H and O–H groups in total. The van der Waals surface area contributed by atoms with Crippen molar-refractivity contribution < 1.29 is 5.11 Å². The van der Waals surface area contributed by atoms with Gasteiger partial charge in [0.25, 0.3) is 0 Å². The number of aliphatic hydroxyl groups is 1. The van der Waals surface area contributed by atoms with Crippen molar-refractivity contribution in [1.29, 1.82) is 0 Å². The highest BCUT2D eigenvalue weighted by Gasteiger charge is 2.06. The van der Waals surface area contributed by atoms with Gasteiger partial charge in [-0.25, -0.2) is 9.97 Å². The van der Waals surface area contributed by atoms with E-state index in [0.29, 0.717) is 11.1 Å². The normalized spacial score (nSPS) is 12.5. The SMILES string of the molecule is Cc1c(Cl)ncnc1NCC(C)CCO. The maximum absolute atomic E-state index is 8.76. The molecule has 1 unspecified atom stereocenters. The van der Waals surface area contributed by atoms with Crippen LogP contribution in [0.25, 0.3) is 0 Å². The van der Waals surface area contributed by atoms with E-state index in [1.807, 2.05) is 6.92 Å². The van der Waals surface area contributed by atoms with E-state index in [9.17, 15) is 0 Å². The molecule has 0 bridgehead atoms. The monoisotopic (exact) mass is 229 g/mol. The number of anilines is 1. The Balaban J connectivity index is 2.54. The number of hydrogen-bond acceptors (Lipinski definition) is 4. The highest BCUT2D eigenvalue weighted by atomic mass is 35.5. The lowest BCUT2D eigenvalue weighted by molar-refractivity contribution is 0.266. The van der Waals surface area contributed by atoms with Crippen LogP contribution in [0.4, 0.5) is 5.82 Å². The molecule has 84 valence electrons. The molecule has 0 aliphatic carbocycles. The molecular formula is C10H16ClN3O. The fourth-order valence-electron chi connectivity index (χ4n) is 1.20. The van der Waals surface area contributed by atoms with E-state index in [4.69, 9.17) is 16.7 Å². The maximum atomic E-state index is 8.76. The minimum Gasteiger partial charge on any atom is -0.396 e. The molecule has 0 aliphatic rings. The van der Waals surface area contributed by atoms with E-state index in [1.54, 1.807) is 0 Å². The van der Waals surface area contributed by atoms with E-state index >= 15 is 0 Å². The van der Waals surface area contributed by atoms with Gasteiger partial charge in [-0.3, -0.25) is 0 Å². The fourth-order valence-corrected chi connectivity index (χ4v) is 1.33. The maximum Gasteiger partial charge on any atom is 0.137 e. The number of aromatic nitrogens is 2. The zero-order valence-corrected chi connectivity index (χ0v) is 9.75. The molecule has 0 radical (unpaired) electrons. The second-order valence-electron chi connectivity index (χ2n) is 3.64. The smallest absolute Gasteiger partial charge is 0.137 e. The van der Waals surface area contributed by atoms with E-state index < -0.39 is 0 Å². The molecule has 4 nitrogen and oxygen atoms in total. The number of aliphatic hydroxyl groups excluding tert-OH is 1. The molecule has 0 amide bonds. The van der Waals surface area contributed by atoms with Crippen LogP contribution in [-0.4, -0.2) is 28.2 Å². The highest BCUT2D eigenvalue weighted by Crippen LogP contribution is 2.18. The molecule has 0 saturated carbocycles. The minimum atomic E-state index is 0.215. The molecule has 1 rings (SSSR count). The molecule has 0 spiro atoms. The van der Waals surface area contributed by atoms with E-state index in [1.165, 1.54) is 6.33 Å². The van der Waals surface area contributed by atoms with Gasteiger partial charge in [-0.05, 0) is 19.3 Å². The molecule has 0 aliphatic heterocycles. The van der Waals surface area contributed by atoms with Crippen molar-refractivity contribution in [3.05, 3.63) is 17.0 Å². The summed E-state index contributed by atoms with van der Waals surface area (Å²) in [7, 11) is 0. The first-order chi connectivity index (χ1) is 7.15. The van der Waals surface area contributed by atoms with E-state index in [2.05, 4.69) is 22.2 Å². The van der Waals surface area contributed by atoms with Crippen molar-refractivity contribution in [2.45, 2.75) is 20.3 Å². The van der Waals surface area contributed by atoms with Gasteiger partial charge in [0.1, 0.15) is 17.3 Å². The molecule has 0 fully saturated rings. The van der Waals surface area contributed by atoms with Crippen molar-refractivity contribution in [2.24, 2.45) is 5.92 Å². The summed E-state index contributed by atoms with van der Waals surface area (Å²) < 4.78 is 0. The van der Waals surface area contributed by atoms with Crippen LogP contribution in [0.5, 0.6) is 0 Å². The van der Waals surface area contributed by atoms with Crippen LogP contribution in [0.15, 0.2) is 6.33 Å². The van der Waals surface area contributed by atoms with Crippen LogP contribution in [0.1, 0.15) is 18.9 Å². The third kappa shape index (κ3) is 3.64. The summed E-state index contributed by atoms with van der Waals surface area (Å²) in [5, 5.41) is 12.4. The number of halogens is 1. The fraction of sp³-hybridized carbons (Fsp3) is 0.600. The Morgan fingerprint density at radius 1 is 1.53 bits per heavy atom. The first-order valence-corrected chi connectivity index (χ1v) is 5.34. The van der Waals surface area contributed by atoms with Crippen LogP contribution < -0.4 is 5.32 Å². The molecule has 0 saturated heterocycles. The first-order valence-electron chi connectivity index (χ1n) is 4.97. The van der Waals surface area contributed by atoms with Crippen molar-refractivity contribution in [3.8, 4) is 0 Å². The first kappa shape index (κ1) is 12.2. The predicted molar refractivity (Wildman–Crippen MR) is 61.1 cm³/mol. The van der Waals surface area contributed by atoms with E-state index in [0.717, 1.165) is 24.3 Å². The molecule has 5 heteroatoms. The molecule has 1 aromatic heterocycles. The molecule has 0 aromatic carbocycles. The Kier molecular flexibility index (Phi) is 4.78. The quantitative estimate of drug-likeness (QED) is 0.757. The van der Waals surface area contributed by atoms with Crippen molar-refractivity contribution in [3.63, 3.8) is 0 Å². The number of rotatable bonds is 5. The molecule has 1 heterocycles. The van der Waals surface area contributed by atoms with Crippen molar-refractivity contribution in [2.75, 3.05) is 18.5 Å². The van der Waals surface area contributed by atoms with Gasteiger partial charge in [-0.15, -0.1) is 0 Å². The summed E-state index contributed by atoms with van der Waals surface area (Å²) >= 11 is 5.86. The summed E-state index contributed by atoms with van der Waals surface area (Å²) in [4.78, 5) is 7.98. The van der Waals surface area contributed by atoms with Gasteiger partial charge < -0.3 is 10.4 Å². The average molecular weight is 230 g/mol. The Labute approximate surface area is 94.7 Å².